The minimum absolute atomic E-state index is 0.0492. The zero-order valence-electron chi connectivity index (χ0n) is 24.8. The summed E-state index contributed by atoms with van der Waals surface area (Å²) < 4.78 is 27.5. The molecular formula is C31H46O5Si2. The Morgan fingerprint density at radius 3 is 1.71 bits per heavy atom. The van der Waals surface area contributed by atoms with Gasteiger partial charge in [0.05, 0.1) is 6.61 Å². The molecule has 0 unspecified atom stereocenters. The molecular weight excluding hydrogens is 509 g/mol. The SMILES string of the molecule is C[C@H]1O[C@@H]2CO[Si](C(C)(C)C)(C(C)(C)C)O[C@H]2[C@H](O[Si](c2ccccc2)(c2ccccc2)C(C)(C)C)C1=O. The highest BCUT2D eigenvalue weighted by molar-refractivity contribution is 6.99. The van der Waals surface area contributed by atoms with E-state index in [9.17, 15) is 4.79 Å². The molecule has 2 aliphatic rings. The van der Waals surface area contributed by atoms with E-state index in [2.05, 4.69) is 111 Å². The van der Waals surface area contributed by atoms with Crippen molar-refractivity contribution in [2.45, 2.75) is 109 Å². The molecule has 0 saturated carbocycles. The number of hydrogen-bond acceptors (Lipinski definition) is 5. The Morgan fingerprint density at radius 1 is 0.816 bits per heavy atom. The topological polar surface area (TPSA) is 54.0 Å². The monoisotopic (exact) mass is 554 g/mol. The van der Waals surface area contributed by atoms with E-state index in [1.54, 1.807) is 0 Å². The molecule has 2 aliphatic heterocycles. The van der Waals surface area contributed by atoms with Gasteiger partial charge in [-0.2, -0.15) is 0 Å². The minimum Gasteiger partial charge on any atom is -0.395 e. The molecule has 7 heteroatoms. The number of rotatable bonds is 4. The summed E-state index contributed by atoms with van der Waals surface area (Å²) in [5.41, 5.74) is 0. The second-order valence-electron chi connectivity index (χ2n) is 13.9. The van der Waals surface area contributed by atoms with Crippen molar-refractivity contribution in [3.63, 3.8) is 0 Å². The Balaban J connectivity index is 1.90. The van der Waals surface area contributed by atoms with E-state index in [1.807, 2.05) is 19.1 Å². The van der Waals surface area contributed by atoms with Crippen LogP contribution in [0.4, 0.5) is 0 Å². The third-order valence-corrected chi connectivity index (χ3v) is 18.3. The lowest BCUT2D eigenvalue weighted by Gasteiger charge is -2.57. The first-order chi connectivity index (χ1) is 17.6. The van der Waals surface area contributed by atoms with E-state index < -0.39 is 35.2 Å². The van der Waals surface area contributed by atoms with E-state index >= 15 is 0 Å². The molecule has 4 atom stereocenters. The van der Waals surface area contributed by atoms with Gasteiger partial charge in [-0.05, 0) is 22.3 Å². The Morgan fingerprint density at radius 2 is 1.29 bits per heavy atom. The maximum atomic E-state index is 14.0. The Hall–Kier alpha value is -1.62. The summed E-state index contributed by atoms with van der Waals surface area (Å²) in [5.74, 6) is -0.0492. The zero-order valence-corrected chi connectivity index (χ0v) is 26.8. The van der Waals surface area contributed by atoms with Crippen molar-refractivity contribution in [1.82, 2.24) is 0 Å². The van der Waals surface area contributed by atoms with Gasteiger partial charge in [-0.1, -0.05) is 123 Å². The largest absolute Gasteiger partial charge is 0.395 e. The van der Waals surface area contributed by atoms with Crippen LogP contribution in [0.5, 0.6) is 0 Å². The molecule has 0 aromatic heterocycles. The quantitative estimate of drug-likeness (QED) is 0.451. The zero-order chi connectivity index (χ0) is 28.1. The molecule has 4 rings (SSSR count). The van der Waals surface area contributed by atoms with Crippen LogP contribution in [0.3, 0.4) is 0 Å². The molecule has 2 aromatic rings. The summed E-state index contributed by atoms with van der Waals surface area (Å²) >= 11 is 0. The number of carbonyl (C=O) groups excluding carboxylic acids is 1. The van der Waals surface area contributed by atoms with Gasteiger partial charge in [-0.25, -0.2) is 0 Å². The van der Waals surface area contributed by atoms with Crippen molar-refractivity contribution in [3.8, 4) is 0 Å². The maximum absolute atomic E-state index is 14.0. The lowest BCUT2D eigenvalue weighted by Crippen LogP contribution is -2.74. The molecule has 0 spiro atoms. The predicted molar refractivity (Wildman–Crippen MR) is 158 cm³/mol. The molecule has 0 N–H and O–H groups in total. The highest BCUT2D eigenvalue weighted by Gasteiger charge is 2.65. The first kappa shape index (κ1) is 29.4. The second-order valence-corrected chi connectivity index (χ2v) is 22.9. The van der Waals surface area contributed by atoms with E-state index in [-0.39, 0.29) is 27.0 Å². The van der Waals surface area contributed by atoms with Gasteiger partial charge in [0, 0.05) is 10.1 Å². The summed E-state index contributed by atoms with van der Waals surface area (Å²) in [6, 6.07) is 20.9. The standard InChI is InChI=1S/C31H46O5Si2/c1-22-26(32)28(27-25(34-22)21-33-38(36-27,30(5,6)7)31(8,9)10)35-37(29(2,3)4,23-17-13-11-14-18-23)24-19-15-12-16-20-24/h11-20,22,25,27-28H,21H2,1-10H3/t22-,25-,27-,28-/m1/s1. The second kappa shape index (κ2) is 10.1. The molecule has 5 nitrogen and oxygen atoms in total. The summed E-state index contributed by atoms with van der Waals surface area (Å²) in [4.78, 5) is 14.0. The highest BCUT2D eigenvalue weighted by atomic mass is 28.4. The highest BCUT2D eigenvalue weighted by Crippen LogP contribution is 2.55. The predicted octanol–water partition coefficient (Wildman–Crippen LogP) is 5.75. The van der Waals surface area contributed by atoms with Crippen LogP contribution < -0.4 is 10.4 Å². The van der Waals surface area contributed by atoms with E-state index in [1.165, 1.54) is 0 Å². The van der Waals surface area contributed by atoms with E-state index in [0.717, 1.165) is 10.4 Å². The van der Waals surface area contributed by atoms with Gasteiger partial charge in [-0.15, -0.1) is 0 Å². The summed E-state index contributed by atoms with van der Waals surface area (Å²) in [6.07, 6.45) is -2.24. The van der Waals surface area contributed by atoms with Crippen molar-refractivity contribution in [2.24, 2.45) is 0 Å². The number of hydrogen-bond donors (Lipinski definition) is 0. The van der Waals surface area contributed by atoms with E-state index in [0.29, 0.717) is 6.61 Å². The molecule has 0 radical (unpaired) electrons. The molecule has 0 bridgehead atoms. The Labute approximate surface area is 231 Å². The van der Waals surface area contributed by atoms with Crippen molar-refractivity contribution < 1.29 is 22.8 Å². The normalized spacial score (nSPS) is 26.6. The van der Waals surface area contributed by atoms with Crippen molar-refractivity contribution in [1.29, 1.82) is 0 Å². The summed E-state index contributed by atoms with van der Waals surface area (Å²) in [5, 5.41) is 1.59. The Bertz CT molecular complexity index is 1060. The van der Waals surface area contributed by atoms with Gasteiger partial charge in [0.1, 0.15) is 24.4 Å². The van der Waals surface area contributed by atoms with Crippen LogP contribution in [-0.2, 0) is 22.8 Å². The third-order valence-electron chi connectivity index (χ3n) is 8.17. The molecule has 0 aliphatic carbocycles. The molecule has 38 heavy (non-hydrogen) atoms. The lowest BCUT2D eigenvalue weighted by atomic mass is 9.97. The van der Waals surface area contributed by atoms with Crippen LogP contribution in [0.25, 0.3) is 0 Å². The van der Waals surface area contributed by atoms with Crippen LogP contribution in [0.1, 0.15) is 69.2 Å². The number of benzene rings is 2. The maximum Gasteiger partial charge on any atom is 0.349 e. The molecule has 2 aromatic carbocycles. The fourth-order valence-corrected chi connectivity index (χ4v) is 16.2. The number of fused-ring (bicyclic) bond motifs is 1. The van der Waals surface area contributed by atoms with Crippen LogP contribution in [-0.4, -0.2) is 53.7 Å². The molecule has 2 heterocycles. The van der Waals surface area contributed by atoms with Crippen molar-refractivity contribution in [2.75, 3.05) is 6.61 Å². The van der Waals surface area contributed by atoms with Crippen LogP contribution >= 0.6 is 0 Å². The van der Waals surface area contributed by atoms with Gasteiger partial charge >= 0.3 is 8.56 Å². The molecule has 2 saturated heterocycles. The summed E-state index contributed by atoms with van der Waals surface area (Å²) in [6.45, 7) is 22.1. The Kier molecular flexibility index (Phi) is 7.80. The van der Waals surface area contributed by atoms with Crippen LogP contribution in [0, 0.1) is 0 Å². The minimum atomic E-state index is -3.00. The van der Waals surface area contributed by atoms with E-state index in [4.69, 9.17) is 18.0 Å². The van der Waals surface area contributed by atoms with Crippen molar-refractivity contribution in [3.05, 3.63) is 60.7 Å². The third kappa shape index (κ3) is 4.80. The average Bonchev–Trinajstić information content (AvgIpc) is 2.83. The number of carbonyl (C=O) groups is 1. The smallest absolute Gasteiger partial charge is 0.349 e. The van der Waals surface area contributed by atoms with Gasteiger partial charge in [-0.3, -0.25) is 4.79 Å². The number of Topliss-reactive ketones (excluding diaryl/α,β-unsaturated/α-hetero) is 1. The number of ether oxygens (including phenoxy) is 1. The molecule has 2 fully saturated rings. The summed E-state index contributed by atoms with van der Waals surface area (Å²) in [7, 11) is -5.87. The van der Waals surface area contributed by atoms with Crippen LogP contribution in [0.15, 0.2) is 60.7 Å². The van der Waals surface area contributed by atoms with Gasteiger partial charge in [0.25, 0.3) is 8.32 Å². The average molecular weight is 555 g/mol. The van der Waals surface area contributed by atoms with Crippen LogP contribution in [0.2, 0.25) is 15.1 Å². The van der Waals surface area contributed by atoms with Crippen molar-refractivity contribution >= 4 is 33.0 Å². The lowest BCUT2D eigenvalue weighted by molar-refractivity contribution is -0.196. The van der Waals surface area contributed by atoms with Gasteiger partial charge in [0.15, 0.2) is 5.78 Å². The number of ketones is 1. The fraction of sp³-hybridized carbons (Fsp3) is 0.581. The first-order valence-electron chi connectivity index (χ1n) is 13.8. The first-order valence-corrected chi connectivity index (χ1v) is 17.6. The fourth-order valence-electron chi connectivity index (χ4n) is 6.61. The van der Waals surface area contributed by atoms with Gasteiger partial charge < -0.3 is 18.0 Å². The van der Waals surface area contributed by atoms with Gasteiger partial charge in [0.2, 0.25) is 0 Å². The molecule has 0 amide bonds. The molecule has 208 valence electrons.